The van der Waals surface area contributed by atoms with Crippen LogP contribution in [0, 0.1) is 0 Å². The Morgan fingerprint density at radius 1 is 1.41 bits per heavy atom. The van der Waals surface area contributed by atoms with Crippen LogP contribution in [-0.2, 0) is 6.18 Å². The molecule has 17 heavy (non-hydrogen) atoms. The maximum atomic E-state index is 12.3. The highest BCUT2D eigenvalue weighted by atomic mass is 35.5. The average molecular weight is 270 g/mol. The lowest BCUT2D eigenvalue weighted by atomic mass is 10.1. The molecule has 0 saturated carbocycles. The highest BCUT2D eigenvalue weighted by Crippen LogP contribution is 2.33. The first kappa shape index (κ1) is 14.1. The van der Waals surface area contributed by atoms with Crippen molar-refractivity contribution >= 4 is 11.6 Å². The van der Waals surface area contributed by atoms with Crippen LogP contribution in [0.4, 0.5) is 13.2 Å². The maximum Gasteiger partial charge on any atom is 0.417 e. The third-order valence-electron chi connectivity index (χ3n) is 1.73. The predicted molar refractivity (Wildman–Crippen MR) is 56.7 cm³/mol. The first-order valence-electron chi connectivity index (χ1n) is 4.80. The normalized spacial score (nSPS) is 12.6. The van der Waals surface area contributed by atoms with Crippen molar-refractivity contribution in [2.75, 3.05) is 6.61 Å². The molecule has 0 unspecified atom stereocenters. The van der Waals surface area contributed by atoms with Gasteiger partial charge >= 0.3 is 6.18 Å². The van der Waals surface area contributed by atoms with Gasteiger partial charge in [0, 0.05) is 6.20 Å². The molecule has 0 radical (unpaired) electrons. The minimum Gasteiger partial charge on any atom is -0.470 e. The Labute approximate surface area is 102 Å². The van der Waals surface area contributed by atoms with Crippen LogP contribution in [0.2, 0.25) is 5.02 Å². The monoisotopic (exact) mass is 269 g/mol. The Bertz CT molecular complexity index is 402. The lowest BCUT2D eigenvalue weighted by molar-refractivity contribution is -0.469. The van der Waals surface area contributed by atoms with Crippen molar-refractivity contribution in [1.29, 1.82) is 0 Å². The summed E-state index contributed by atoms with van der Waals surface area (Å²) >= 11 is 5.66. The van der Waals surface area contributed by atoms with E-state index in [2.05, 4.69) is 10.7 Å². The number of pyridine rings is 1. The molecule has 96 valence electrons. The number of rotatable bonds is 3. The number of alkyl halides is 3. The van der Waals surface area contributed by atoms with Gasteiger partial charge in [-0.2, -0.15) is 13.2 Å². The Balaban J connectivity index is 2.84. The van der Waals surface area contributed by atoms with Crippen molar-refractivity contribution in [3.63, 3.8) is 0 Å². The fourth-order valence-electron chi connectivity index (χ4n) is 0.950. The van der Waals surface area contributed by atoms with E-state index in [4.69, 9.17) is 16.3 Å². The molecule has 0 amide bonds. The number of quaternary nitrogens is 1. The molecule has 3 N–H and O–H groups in total. The average Bonchev–Trinajstić information content (AvgIpc) is 2.12. The third-order valence-corrected chi connectivity index (χ3v) is 2.01. The summed E-state index contributed by atoms with van der Waals surface area (Å²) in [5, 5.41) is -0.163. The number of hydrogen-bond acceptors (Lipinski definition) is 2. The predicted octanol–water partition coefficient (Wildman–Crippen LogP) is 2.15. The van der Waals surface area contributed by atoms with E-state index < -0.39 is 11.7 Å². The van der Waals surface area contributed by atoms with Gasteiger partial charge in [0.2, 0.25) is 5.88 Å². The van der Waals surface area contributed by atoms with E-state index in [1.807, 2.05) is 13.8 Å². The van der Waals surface area contributed by atoms with Crippen molar-refractivity contribution < 1.29 is 23.6 Å². The summed E-state index contributed by atoms with van der Waals surface area (Å²) < 4.78 is 42.2. The Morgan fingerprint density at radius 2 is 2.00 bits per heavy atom. The molecule has 0 aliphatic rings. The van der Waals surface area contributed by atoms with E-state index in [0.29, 0.717) is 6.20 Å². The highest BCUT2D eigenvalue weighted by molar-refractivity contribution is 6.31. The Hall–Kier alpha value is -1.01. The van der Waals surface area contributed by atoms with Gasteiger partial charge in [0.05, 0.1) is 5.56 Å². The van der Waals surface area contributed by atoms with Crippen LogP contribution < -0.4 is 10.5 Å². The van der Waals surface area contributed by atoms with E-state index >= 15 is 0 Å². The van der Waals surface area contributed by atoms with Gasteiger partial charge in [-0.1, -0.05) is 11.6 Å². The van der Waals surface area contributed by atoms with Crippen LogP contribution in [0.25, 0.3) is 0 Å². The second-order valence-electron chi connectivity index (χ2n) is 4.46. The molecule has 0 aliphatic heterocycles. The number of hydrogen-bond donors (Lipinski definition) is 1. The van der Waals surface area contributed by atoms with E-state index in [-0.39, 0.29) is 23.0 Å². The van der Waals surface area contributed by atoms with Gasteiger partial charge in [0.25, 0.3) is 0 Å². The van der Waals surface area contributed by atoms with Gasteiger partial charge in [-0.3, -0.25) is 0 Å². The highest BCUT2D eigenvalue weighted by Gasteiger charge is 2.32. The standard InChI is InChI=1S/C10H12ClF3N2O/c1-9(2,15)5-17-8-7(11)3-6(4-16-8)10(12,13)14/h3-4H,5,15H2,1-2H3/p+1. The van der Waals surface area contributed by atoms with Crippen molar-refractivity contribution in [2.45, 2.75) is 25.6 Å². The molecule has 0 bridgehead atoms. The number of ether oxygens (including phenoxy) is 1. The van der Waals surface area contributed by atoms with Gasteiger partial charge in [-0.15, -0.1) is 0 Å². The minimum atomic E-state index is -4.46. The van der Waals surface area contributed by atoms with Crippen molar-refractivity contribution in [2.24, 2.45) is 0 Å². The first-order chi connectivity index (χ1) is 7.59. The summed E-state index contributed by atoms with van der Waals surface area (Å²) in [5.74, 6) is -0.0172. The maximum absolute atomic E-state index is 12.3. The number of aromatic nitrogens is 1. The third kappa shape index (κ3) is 4.40. The second kappa shape index (κ2) is 4.70. The molecule has 1 heterocycles. The second-order valence-corrected chi connectivity index (χ2v) is 4.87. The molecule has 0 atom stereocenters. The lowest BCUT2D eigenvalue weighted by Gasteiger charge is -2.16. The van der Waals surface area contributed by atoms with Gasteiger partial charge in [-0.05, 0) is 19.9 Å². The summed E-state index contributed by atoms with van der Waals surface area (Å²) in [6.07, 6.45) is -3.77. The minimum absolute atomic E-state index is 0.0172. The van der Waals surface area contributed by atoms with E-state index in [0.717, 1.165) is 6.07 Å². The summed E-state index contributed by atoms with van der Waals surface area (Å²) in [4.78, 5) is 3.55. The molecule has 1 aromatic heterocycles. The van der Waals surface area contributed by atoms with Crippen LogP contribution in [0.5, 0.6) is 5.88 Å². The molecule has 0 aromatic carbocycles. The lowest BCUT2D eigenvalue weighted by Crippen LogP contribution is -2.71. The van der Waals surface area contributed by atoms with Crippen LogP contribution >= 0.6 is 11.6 Å². The van der Waals surface area contributed by atoms with Gasteiger partial charge in [0.1, 0.15) is 17.2 Å². The molecule has 0 saturated heterocycles. The molecule has 0 aliphatic carbocycles. The van der Waals surface area contributed by atoms with Crippen LogP contribution in [0.3, 0.4) is 0 Å². The molecule has 3 nitrogen and oxygen atoms in total. The smallest absolute Gasteiger partial charge is 0.417 e. The van der Waals surface area contributed by atoms with Crippen LogP contribution in [0.1, 0.15) is 19.4 Å². The number of nitrogens with zero attached hydrogens (tertiary/aromatic N) is 1. The van der Waals surface area contributed by atoms with E-state index in [1.165, 1.54) is 0 Å². The zero-order valence-electron chi connectivity index (χ0n) is 9.44. The fourth-order valence-corrected chi connectivity index (χ4v) is 1.17. The Kier molecular flexibility index (Phi) is 3.88. The summed E-state index contributed by atoms with van der Waals surface area (Å²) in [7, 11) is 0. The van der Waals surface area contributed by atoms with Crippen LogP contribution in [0.15, 0.2) is 12.3 Å². The van der Waals surface area contributed by atoms with Crippen molar-refractivity contribution in [3.05, 3.63) is 22.8 Å². The molecule has 1 aromatic rings. The zero-order chi connectivity index (χ0) is 13.3. The summed E-state index contributed by atoms with van der Waals surface area (Å²) in [6, 6.07) is 0.792. The summed E-state index contributed by atoms with van der Waals surface area (Å²) in [6.45, 7) is 3.86. The molecular formula is C10H13ClF3N2O+. The molecule has 1 rings (SSSR count). The van der Waals surface area contributed by atoms with E-state index in [9.17, 15) is 13.2 Å². The molecule has 0 spiro atoms. The largest absolute Gasteiger partial charge is 0.470 e. The number of halogens is 4. The Morgan fingerprint density at radius 3 is 2.41 bits per heavy atom. The van der Waals surface area contributed by atoms with Gasteiger partial charge < -0.3 is 10.5 Å². The van der Waals surface area contributed by atoms with E-state index in [1.54, 1.807) is 0 Å². The topological polar surface area (TPSA) is 49.8 Å². The van der Waals surface area contributed by atoms with Crippen molar-refractivity contribution in [1.82, 2.24) is 4.98 Å². The zero-order valence-corrected chi connectivity index (χ0v) is 10.2. The fraction of sp³-hybridized carbons (Fsp3) is 0.500. The van der Waals surface area contributed by atoms with Crippen LogP contribution in [-0.4, -0.2) is 17.1 Å². The van der Waals surface area contributed by atoms with Gasteiger partial charge in [0.15, 0.2) is 0 Å². The molecule has 7 heteroatoms. The first-order valence-corrected chi connectivity index (χ1v) is 5.18. The van der Waals surface area contributed by atoms with Crippen molar-refractivity contribution in [3.8, 4) is 5.88 Å². The van der Waals surface area contributed by atoms with Gasteiger partial charge in [-0.25, -0.2) is 4.98 Å². The SMILES string of the molecule is CC(C)([NH3+])COc1ncc(C(F)(F)F)cc1Cl. The molecular weight excluding hydrogens is 257 g/mol. The summed E-state index contributed by atoms with van der Waals surface area (Å²) in [5.41, 5.74) is 2.53. The quantitative estimate of drug-likeness (QED) is 0.914. The molecule has 0 fully saturated rings.